The smallest absolute Gasteiger partial charge is 0.320 e. The SMILES string of the molecule is COc1cccc([C@@H](c2ccc(F)cc2)C2CCN(C(=O)N3CCC4OCC(=O)N[C@@H]4C3)CC2)c1. The largest absolute Gasteiger partial charge is 0.497 e. The van der Waals surface area contributed by atoms with E-state index in [1.807, 2.05) is 34.1 Å². The fourth-order valence-corrected chi connectivity index (χ4v) is 5.74. The van der Waals surface area contributed by atoms with E-state index in [0.29, 0.717) is 32.1 Å². The Balaban J connectivity index is 1.27. The molecule has 3 aliphatic heterocycles. The molecule has 35 heavy (non-hydrogen) atoms. The van der Waals surface area contributed by atoms with E-state index >= 15 is 0 Å². The molecular weight excluding hydrogens is 449 g/mol. The maximum atomic E-state index is 13.7. The first-order valence-electron chi connectivity index (χ1n) is 12.4. The van der Waals surface area contributed by atoms with Crippen molar-refractivity contribution in [1.82, 2.24) is 15.1 Å². The van der Waals surface area contributed by atoms with E-state index in [1.165, 1.54) is 12.1 Å². The summed E-state index contributed by atoms with van der Waals surface area (Å²) in [5, 5.41) is 2.96. The lowest BCUT2D eigenvalue weighted by Gasteiger charge is -2.44. The summed E-state index contributed by atoms with van der Waals surface area (Å²) in [7, 11) is 1.66. The molecule has 3 saturated heterocycles. The molecule has 2 aromatic carbocycles. The average Bonchev–Trinajstić information content (AvgIpc) is 2.89. The molecule has 0 saturated carbocycles. The molecule has 7 nitrogen and oxygen atoms in total. The Labute approximate surface area is 205 Å². The summed E-state index contributed by atoms with van der Waals surface area (Å²) in [6, 6.07) is 14.7. The summed E-state index contributed by atoms with van der Waals surface area (Å²) in [5.74, 6) is 0.832. The van der Waals surface area contributed by atoms with Gasteiger partial charge in [-0.1, -0.05) is 24.3 Å². The van der Waals surface area contributed by atoms with E-state index < -0.39 is 0 Å². The summed E-state index contributed by atoms with van der Waals surface area (Å²) < 4.78 is 24.7. The maximum Gasteiger partial charge on any atom is 0.320 e. The fraction of sp³-hybridized carbons (Fsp3) is 0.481. The van der Waals surface area contributed by atoms with Gasteiger partial charge in [0.25, 0.3) is 0 Å². The van der Waals surface area contributed by atoms with Gasteiger partial charge in [0.05, 0.1) is 19.3 Å². The highest BCUT2D eigenvalue weighted by Crippen LogP contribution is 2.39. The third-order valence-corrected chi connectivity index (χ3v) is 7.56. The van der Waals surface area contributed by atoms with Gasteiger partial charge >= 0.3 is 6.03 Å². The van der Waals surface area contributed by atoms with Crippen molar-refractivity contribution in [2.75, 3.05) is 39.9 Å². The van der Waals surface area contributed by atoms with Crippen molar-refractivity contribution in [3.8, 4) is 5.75 Å². The van der Waals surface area contributed by atoms with Gasteiger partial charge < -0.3 is 24.6 Å². The van der Waals surface area contributed by atoms with Gasteiger partial charge in [0.1, 0.15) is 18.2 Å². The first-order valence-corrected chi connectivity index (χ1v) is 12.4. The summed E-state index contributed by atoms with van der Waals surface area (Å²) in [5.41, 5.74) is 2.20. The molecule has 1 N–H and O–H groups in total. The normalized spacial score (nSPS) is 23.9. The van der Waals surface area contributed by atoms with Crippen molar-refractivity contribution in [2.45, 2.75) is 37.3 Å². The van der Waals surface area contributed by atoms with E-state index in [2.05, 4.69) is 17.4 Å². The van der Waals surface area contributed by atoms with Crippen LogP contribution in [0.2, 0.25) is 0 Å². The summed E-state index contributed by atoms with van der Waals surface area (Å²) in [6.07, 6.45) is 2.42. The minimum atomic E-state index is -0.248. The Morgan fingerprint density at radius 3 is 2.54 bits per heavy atom. The molecule has 2 aromatic rings. The molecule has 0 aromatic heterocycles. The van der Waals surface area contributed by atoms with Crippen molar-refractivity contribution in [3.63, 3.8) is 0 Å². The van der Waals surface area contributed by atoms with E-state index in [9.17, 15) is 14.0 Å². The molecule has 1 unspecified atom stereocenters. The van der Waals surface area contributed by atoms with E-state index in [-0.39, 0.29) is 42.4 Å². The predicted molar refractivity (Wildman–Crippen MR) is 129 cm³/mol. The summed E-state index contributed by atoms with van der Waals surface area (Å²) in [6.45, 7) is 2.55. The van der Waals surface area contributed by atoms with E-state index in [0.717, 1.165) is 36.1 Å². The zero-order chi connectivity index (χ0) is 24.4. The van der Waals surface area contributed by atoms with Crippen LogP contribution in [0.15, 0.2) is 48.5 Å². The highest BCUT2D eigenvalue weighted by molar-refractivity contribution is 5.79. The molecule has 3 aliphatic rings. The Kier molecular flexibility index (Phi) is 6.90. The Bertz CT molecular complexity index is 1050. The number of fused-ring (bicyclic) bond motifs is 1. The van der Waals surface area contributed by atoms with Gasteiger partial charge in [0, 0.05) is 32.1 Å². The third-order valence-electron chi connectivity index (χ3n) is 7.56. The molecule has 186 valence electrons. The van der Waals surface area contributed by atoms with Crippen molar-refractivity contribution >= 4 is 11.9 Å². The molecule has 5 rings (SSSR count). The van der Waals surface area contributed by atoms with Crippen LogP contribution in [0.5, 0.6) is 5.75 Å². The number of nitrogens with one attached hydrogen (secondary N) is 1. The molecule has 3 fully saturated rings. The Morgan fingerprint density at radius 2 is 1.80 bits per heavy atom. The van der Waals surface area contributed by atoms with Gasteiger partial charge in [0.2, 0.25) is 5.91 Å². The highest BCUT2D eigenvalue weighted by Gasteiger charge is 2.38. The zero-order valence-electron chi connectivity index (χ0n) is 20.0. The van der Waals surface area contributed by atoms with Crippen molar-refractivity contribution < 1.29 is 23.5 Å². The number of hydrogen-bond acceptors (Lipinski definition) is 4. The monoisotopic (exact) mass is 481 g/mol. The highest BCUT2D eigenvalue weighted by atomic mass is 19.1. The molecule has 3 atom stereocenters. The zero-order valence-corrected chi connectivity index (χ0v) is 20.0. The molecule has 8 heteroatoms. The summed E-state index contributed by atoms with van der Waals surface area (Å²) >= 11 is 0. The second-order valence-corrected chi connectivity index (χ2v) is 9.67. The molecule has 0 bridgehead atoms. The molecule has 3 heterocycles. The second-order valence-electron chi connectivity index (χ2n) is 9.67. The number of likely N-dealkylation sites (tertiary alicyclic amines) is 2. The first-order chi connectivity index (χ1) is 17.0. The van der Waals surface area contributed by atoms with Crippen LogP contribution in [0.3, 0.4) is 0 Å². The van der Waals surface area contributed by atoms with Crippen LogP contribution in [0.1, 0.15) is 36.3 Å². The number of rotatable bonds is 4. The van der Waals surface area contributed by atoms with Gasteiger partial charge in [-0.2, -0.15) is 0 Å². The van der Waals surface area contributed by atoms with Gasteiger partial charge in [-0.05, 0) is 60.6 Å². The number of piperidine rings is 2. The number of amides is 3. The minimum Gasteiger partial charge on any atom is -0.497 e. The first kappa shape index (κ1) is 23.6. The number of carbonyl (C=O) groups is 2. The number of carbonyl (C=O) groups excluding carboxylic acids is 2. The van der Waals surface area contributed by atoms with Crippen LogP contribution in [0.25, 0.3) is 0 Å². The lowest BCUT2D eigenvalue weighted by Crippen LogP contribution is -2.62. The number of halogens is 1. The molecule has 0 spiro atoms. The number of hydrogen-bond donors (Lipinski definition) is 1. The standard InChI is InChI=1S/C27H32FN3O4/c1-34-22-4-2-3-20(15-22)26(18-5-7-21(28)8-6-18)19-9-12-30(13-10-19)27(33)31-14-11-24-23(16-31)29-25(32)17-35-24/h2-8,15,19,23-24,26H,9-14,16-17H2,1H3,(H,29,32)/t23-,24?,26+/m1/s1. The number of morpholine rings is 1. The number of nitrogens with zero attached hydrogens (tertiary/aromatic N) is 2. The molecule has 3 amide bonds. The quantitative estimate of drug-likeness (QED) is 0.727. The fourth-order valence-electron chi connectivity index (χ4n) is 5.74. The van der Waals surface area contributed by atoms with Crippen LogP contribution in [0, 0.1) is 11.7 Å². The lowest BCUT2D eigenvalue weighted by molar-refractivity contribution is -0.139. The average molecular weight is 482 g/mol. The minimum absolute atomic E-state index is 0.0122. The van der Waals surface area contributed by atoms with Crippen molar-refractivity contribution in [3.05, 3.63) is 65.5 Å². The third kappa shape index (κ3) is 5.12. The summed E-state index contributed by atoms with van der Waals surface area (Å²) in [4.78, 5) is 28.8. The van der Waals surface area contributed by atoms with E-state index in [4.69, 9.17) is 9.47 Å². The molecular formula is C27H32FN3O4. The number of methoxy groups -OCH3 is 1. The van der Waals surface area contributed by atoms with Crippen LogP contribution in [0.4, 0.5) is 9.18 Å². The molecule has 0 radical (unpaired) electrons. The van der Waals surface area contributed by atoms with Crippen LogP contribution < -0.4 is 10.1 Å². The second kappa shape index (κ2) is 10.2. The Morgan fingerprint density at radius 1 is 1.06 bits per heavy atom. The van der Waals surface area contributed by atoms with Crippen LogP contribution in [-0.4, -0.2) is 73.8 Å². The van der Waals surface area contributed by atoms with Crippen LogP contribution >= 0.6 is 0 Å². The maximum absolute atomic E-state index is 13.7. The van der Waals surface area contributed by atoms with Gasteiger partial charge in [-0.25, -0.2) is 9.18 Å². The van der Waals surface area contributed by atoms with Gasteiger partial charge in [-0.3, -0.25) is 4.79 Å². The molecule has 0 aliphatic carbocycles. The van der Waals surface area contributed by atoms with Crippen molar-refractivity contribution in [2.24, 2.45) is 5.92 Å². The predicted octanol–water partition coefficient (Wildman–Crippen LogP) is 3.39. The van der Waals surface area contributed by atoms with Gasteiger partial charge in [-0.15, -0.1) is 0 Å². The van der Waals surface area contributed by atoms with Crippen LogP contribution in [-0.2, 0) is 9.53 Å². The lowest BCUT2D eigenvalue weighted by atomic mass is 9.76. The van der Waals surface area contributed by atoms with Crippen molar-refractivity contribution in [1.29, 1.82) is 0 Å². The van der Waals surface area contributed by atoms with Gasteiger partial charge in [0.15, 0.2) is 0 Å². The Hall–Kier alpha value is -3.13. The van der Waals surface area contributed by atoms with E-state index in [1.54, 1.807) is 7.11 Å². The number of ether oxygens (including phenoxy) is 2. The number of benzene rings is 2. The topological polar surface area (TPSA) is 71.1 Å². The number of urea groups is 1.